The number of carbonyl (C=O) groups excluding carboxylic acids is 4. The Hall–Kier alpha value is -2.12. The molecule has 0 saturated carbocycles. The first-order valence-electron chi connectivity index (χ1n) is 9.66. The van der Waals surface area contributed by atoms with E-state index in [2.05, 4.69) is 0 Å². The number of ether oxygens (including phenoxy) is 1. The normalized spacial score (nSPS) is 20.8. The van der Waals surface area contributed by atoms with Gasteiger partial charge in [-0.05, 0) is 27.7 Å². The van der Waals surface area contributed by atoms with Crippen LogP contribution in [0, 0.1) is 5.92 Å². The summed E-state index contributed by atoms with van der Waals surface area (Å²) in [6, 6.07) is 0. The Kier molecular flexibility index (Phi) is 6.84. The lowest BCUT2D eigenvalue weighted by molar-refractivity contribution is -0.146. The van der Waals surface area contributed by atoms with Gasteiger partial charge in [-0.3, -0.25) is 19.2 Å². The summed E-state index contributed by atoms with van der Waals surface area (Å²) in [5.74, 6) is -0.746. The zero-order valence-corrected chi connectivity index (χ0v) is 16.8. The third-order valence-corrected chi connectivity index (χ3v) is 5.08. The summed E-state index contributed by atoms with van der Waals surface area (Å²) in [4.78, 5) is 53.7. The smallest absolute Gasteiger partial charge is 0.306 e. The summed E-state index contributed by atoms with van der Waals surface area (Å²) >= 11 is 0. The maximum absolute atomic E-state index is 12.8. The molecule has 2 fully saturated rings. The van der Waals surface area contributed by atoms with Gasteiger partial charge in [0.2, 0.25) is 17.7 Å². The Morgan fingerprint density at radius 3 is 2.15 bits per heavy atom. The van der Waals surface area contributed by atoms with Gasteiger partial charge >= 0.3 is 5.97 Å². The van der Waals surface area contributed by atoms with Gasteiger partial charge in [0.25, 0.3) is 0 Å². The van der Waals surface area contributed by atoms with E-state index in [4.69, 9.17) is 4.74 Å². The summed E-state index contributed by atoms with van der Waals surface area (Å²) in [6.07, 6.45) is 0.470. The van der Waals surface area contributed by atoms with Gasteiger partial charge in [-0.25, -0.2) is 0 Å². The van der Waals surface area contributed by atoms with Gasteiger partial charge in [-0.2, -0.15) is 0 Å². The van der Waals surface area contributed by atoms with Crippen LogP contribution in [0.1, 0.15) is 47.0 Å². The van der Waals surface area contributed by atoms with Gasteiger partial charge < -0.3 is 19.4 Å². The molecule has 2 heterocycles. The Balaban J connectivity index is 1.80. The number of esters is 1. The van der Waals surface area contributed by atoms with Gasteiger partial charge in [0.05, 0.1) is 18.9 Å². The van der Waals surface area contributed by atoms with E-state index < -0.39 is 0 Å². The summed E-state index contributed by atoms with van der Waals surface area (Å²) in [5, 5.41) is 0. The van der Waals surface area contributed by atoms with Crippen LogP contribution in [0.5, 0.6) is 0 Å². The van der Waals surface area contributed by atoms with Crippen LogP contribution in [0.15, 0.2) is 0 Å². The molecule has 1 atom stereocenters. The summed E-state index contributed by atoms with van der Waals surface area (Å²) in [7, 11) is 0. The van der Waals surface area contributed by atoms with E-state index >= 15 is 0 Å². The van der Waals surface area contributed by atoms with Crippen LogP contribution >= 0.6 is 0 Å². The first kappa shape index (κ1) is 21.2. The van der Waals surface area contributed by atoms with Crippen LogP contribution in [0.3, 0.4) is 0 Å². The predicted octanol–water partition coefficient (Wildman–Crippen LogP) is 0.648. The second-order valence-electron chi connectivity index (χ2n) is 8.09. The Labute approximate surface area is 160 Å². The maximum Gasteiger partial charge on any atom is 0.306 e. The number of nitrogens with zero attached hydrogens (tertiary/aromatic N) is 3. The van der Waals surface area contributed by atoms with Crippen LogP contribution in [0.25, 0.3) is 0 Å². The molecule has 0 N–H and O–H groups in total. The molecule has 2 rings (SSSR count). The van der Waals surface area contributed by atoms with Gasteiger partial charge in [0, 0.05) is 51.1 Å². The lowest BCUT2D eigenvalue weighted by Gasteiger charge is -2.36. The molecule has 0 bridgehead atoms. The average Bonchev–Trinajstić information content (AvgIpc) is 3.01. The number of rotatable bonds is 5. The molecule has 0 radical (unpaired) electrons. The minimum atomic E-state index is -0.367. The number of hydrogen-bond acceptors (Lipinski definition) is 5. The molecular formula is C19H31N3O5. The maximum atomic E-state index is 12.8. The average molecular weight is 381 g/mol. The minimum Gasteiger partial charge on any atom is -0.466 e. The van der Waals surface area contributed by atoms with Crippen LogP contribution in [0.2, 0.25) is 0 Å². The highest BCUT2D eigenvalue weighted by Crippen LogP contribution is 2.27. The molecule has 27 heavy (non-hydrogen) atoms. The number of amides is 3. The highest BCUT2D eigenvalue weighted by atomic mass is 16.5. The summed E-state index contributed by atoms with van der Waals surface area (Å²) < 4.78 is 4.83. The van der Waals surface area contributed by atoms with Crippen molar-refractivity contribution in [1.29, 1.82) is 0 Å². The Morgan fingerprint density at radius 2 is 1.63 bits per heavy atom. The lowest BCUT2D eigenvalue weighted by atomic mass is 10.1. The van der Waals surface area contributed by atoms with Crippen LogP contribution in [-0.2, 0) is 23.9 Å². The number of piperazine rings is 1. The van der Waals surface area contributed by atoms with Gasteiger partial charge in [0.15, 0.2) is 0 Å². The van der Waals surface area contributed by atoms with E-state index in [1.54, 1.807) is 21.6 Å². The molecular weight excluding hydrogens is 350 g/mol. The largest absolute Gasteiger partial charge is 0.466 e. The first-order valence-corrected chi connectivity index (χ1v) is 9.66. The molecule has 0 spiro atoms. The second-order valence-corrected chi connectivity index (χ2v) is 8.09. The standard InChI is InChI=1S/C19H31N3O5/c1-5-27-17(25)7-6-15(23)20-8-10-21(11-9-20)18(26)14-12-16(24)22(13-14)19(2,3)4/h14H,5-13H2,1-4H3. The summed E-state index contributed by atoms with van der Waals surface area (Å²) in [5.41, 5.74) is -0.282. The van der Waals surface area contributed by atoms with E-state index in [0.29, 0.717) is 39.3 Å². The second kappa shape index (κ2) is 8.71. The third kappa shape index (κ3) is 5.43. The van der Waals surface area contributed by atoms with Gasteiger partial charge in [0.1, 0.15) is 0 Å². The van der Waals surface area contributed by atoms with E-state index in [1.165, 1.54) is 0 Å². The van der Waals surface area contributed by atoms with E-state index in [9.17, 15) is 19.2 Å². The topological polar surface area (TPSA) is 87.2 Å². The molecule has 8 heteroatoms. The molecule has 8 nitrogen and oxygen atoms in total. The van der Waals surface area contributed by atoms with E-state index in [1.807, 2.05) is 20.8 Å². The number of hydrogen-bond donors (Lipinski definition) is 0. The van der Waals surface area contributed by atoms with Crippen molar-refractivity contribution in [2.24, 2.45) is 5.92 Å². The molecule has 2 aliphatic rings. The lowest BCUT2D eigenvalue weighted by Crippen LogP contribution is -2.52. The fourth-order valence-electron chi connectivity index (χ4n) is 3.56. The molecule has 0 aromatic carbocycles. The zero-order chi connectivity index (χ0) is 20.2. The highest BCUT2D eigenvalue weighted by Gasteiger charge is 2.41. The molecule has 0 aliphatic carbocycles. The zero-order valence-electron chi connectivity index (χ0n) is 16.8. The molecule has 2 aliphatic heterocycles. The third-order valence-electron chi connectivity index (χ3n) is 5.08. The van der Waals surface area contributed by atoms with E-state index in [0.717, 1.165) is 0 Å². The SMILES string of the molecule is CCOC(=O)CCC(=O)N1CCN(C(=O)C2CC(=O)N(C(C)(C)C)C2)CC1. The van der Waals surface area contributed by atoms with Crippen molar-refractivity contribution in [3.8, 4) is 0 Å². The van der Waals surface area contributed by atoms with Crippen LogP contribution in [0.4, 0.5) is 0 Å². The molecule has 3 amide bonds. The molecule has 0 aromatic heterocycles. The van der Waals surface area contributed by atoms with Crippen LogP contribution < -0.4 is 0 Å². The molecule has 0 aromatic rings. The Morgan fingerprint density at radius 1 is 1.04 bits per heavy atom. The van der Waals surface area contributed by atoms with Crippen molar-refractivity contribution < 1.29 is 23.9 Å². The minimum absolute atomic E-state index is 0.00581. The number of carbonyl (C=O) groups is 4. The Bertz CT molecular complexity index is 591. The van der Waals surface area contributed by atoms with Crippen molar-refractivity contribution in [3.63, 3.8) is 0 Å². The van der Waals surface area contributed by atoms with Crippen molar-refractivity contribution >= 4 is 23.7 Å². The van der Waals surface area contributed by atoms with Crippen molar-refractivity contribution in [1.82, 2.24) is 14.7 Å². The highest BCUT2D eigenvalue weighted by molar-refractivity contribution is 5.90. The van der Waals surface area contributed by atoms with Crippen molar-refractivity contribution in [2.75, 3.05) is 39.3 Å². The molecule has 2 saturated heterocycles. The van der Waals surface area contributed by atoms with Crippen molar-refractivity contribution in [3.05, 3.63) is 0 Å². The fraction of sp³-hybridized carbons (Fsp3) is 0.789. The van der Waals surface area contributed by atoms with Crippen molar-refractivity contribution in [2.45, 2.75) is 52.5 Å². The monoisotopic (exact) mass is 381 g/mol. The number of likely N-dealkylation sites (tertiary alicyclic amines) is 1. The summed E-state index contributed by atoms with van der Waals surface area (Å²) in [6.45, 7) is 10.2. The van der Waals surface area contributed by atoms with E-state index in [-0.39, 0.29) is 54.4 Å². The first-order chi connectivity index (χ1) is 12.6. The molecule has 152 valence electrons. The predicted molar refractivity (Wildman–Crippen MR) is 98.6 cm³/mol. The van der Waals surface area contributed by atoms with Crippen LogP contribution in [-0.4, -0.2) is 83.3 Å². The van der Waals surface area contributed by atoms with Gasteiger partial charge in [-0.15, -0.1) is 0 Å². The quantitative estimate of drug-likeness (QED) is 0.653. The fourth-order valence-corrected chi connectivity index (χ4v) is 3.56. The molecule has 1 unspecified atom stereocenters. The van der Waals surface area contributed by atoms with Gasteiger partial charge in [-0.1, -0.05) is 0 Å².